The first kappa shape index (κ1) is 13.8. The van der Waals surface area contributed by atoms with E-state index in [0.717, 1.165) is 12.0 Å². The molecule has 0 aliphatic rings. The molecule has 0 saturated carbocycles. The molecule has 0 saturated heterocycles. The van der Waals surface area contributed by atoms with Crippen molar-refractivity contribution in [1.82, 2.24) is 0 Å². The van der Waals surface area contributed by atoms with Crippen LogP contribution in [0.15, 0.2) is 42.5 Å². The number of aryl methyl sites for hydroxylation is 3. The quantitative estimate of drug-likeness (QED) is 0.875. The summed E-state index contributed by atoms with van der Waals surface area (Å²) in [4.78, 5) is 0. The lowest BCUT2D eigenvalue weighted by molar-refractivity contribution is 0.166. The molecule has 2 aromatic carbocycles. The van der Waals surface area contributed by atoms with Crippen molar-refractivity contribution in [2.45, 2.75) is 32.8 Å². The maximum Gasteiger partial charge on any atom is 0.123 e. The van der Waals surface area contributed by atoms with Crippen LogP contribution in [0.1, 0.15) is 34.8 Å². The molecule has 2 rings (SSSR count). The van der Waals surface area contributed by atoms with Crippen LogP contribution >= 0.6 is 0 Å². The van der Waals surface area contributed by atoms with Gasteiger partial charge in [0.05, 0.1) is 6.10 Å². The van der Waals surface area contributed by atoms with Crippen LogP contribution in [-0.2, 0) is 6.42 Å². The van der Waals surface area contributed by atoms with Gasteiger partial charge in [0.1, 0.15) is 5.82 Å². The van der Waals surface area contributed by atoms with Gasteiger partial charge in [-0.3, -0.25) is 0 Å². The Morgan fingerprint density at radius 2 is 1.74 bits per heavy atom. The summed E-state index contributed by atoms with van der Waals surface area (Å²) < 4.78 is 13.2. The Bertz CT molecular complexity index is 546. The third-order valence-corrected chi connectivity index (χ3v) is 3.43. The molecule has 0 fully saturated rings. The Labute approximate surface area is 113 Å². The van der Waals surface area contributed by atoms with Crippen molar-refractivity contribution in [1.29, 1.82) is 0 Å². The minimum absolute atomic E-state index is 0.296. The van der Waals surface area contributed by atoms with E-state index in [0.29, 0.717) is 12.0 Å². The fraction of sp³-hybridized carbons (Fsp3) is 0.294. The minimum atomic E-state index is -0.614. The van der Waals surface area contributed by atoms with E-state index in [1.807, 2.05) is 6.92 Å². The number of benzene rings is 2. The summed E-state index contributed by atoms with van der Waals surface area (Å²) in [6.07, 6.45) is 0.780. The smallest absolute Gasteiger partial charge is 0.123 e. The second kappa shape index (κ2) is 5.98. The molecule has 0 aliphatic carbocycles. The highest BCUT2D eigenvalue weighted by molar-refractivity contribution is 5.29. The van der Waals surface area contributed by atoms with Crippen LogP contribution in [-0.4, -0.2) is 5.11 Å². The van der Waals surface area contributed by atoms with Crippen LogP contribution < -0.4 is 0 Å². The second-order valence-electron chi connectivity index (χ2n) is 5.04. The van der Waals surface area contributed by atoms with E-state index in [4.69, 9.17) is 0 Å². The largest absolute Gasteiger partial charge is 0.388 e. The second-order valence-corrected chi connectivity index (χ2v) is 5.04. The highest BCUT2D eigenvalue weighted by atomic mass is 19.1. The Morgan fingerprint density at radius 3 is 2.42 bits per heavy atom. The summed E-state index contributed by atoms with van der Waals surface area (Å²) in [7, 11) is 0. The third-order valence-electron chi connectivity index (χ3n) is 3.43. The van der Waals surface area contributed by atoms with E-state index < -0.39 is 6.10 Å². The highest BCUT2D eigenvalue weighted by Gasteiger charge is 2.11. The topological polar surface area (TPSA) is 20.2 Å². The molecule has 1 N–H and O–H groups in total. The lowest BCUT2D eigenvalue weighted by atomic mass is 9.97. The number of aliphatic hydroxyl groups excluding tert-OH is 1. The van der Waals surface area contributed by atoms with Crippen molar-refractivity contribution in [3.63, 3.8) is 0 Å². The van der Waals surface area contributed by atoms with E-state index in [2.05, 4.69) is 31.2 Å². The zero-order valence-electron chi connectivity index (χ0n) is 11.4. The van der Waals surface area contributed by atoms with Crippen molar-refractivity contribution >= 4 is 0 Å². The molecule has 1 atom stereocenters. The number of aliphatic hydroxyl groups is 1. The van der Waals surface area contributed by atoms with Crippen LogP contribution in [0.2, 0.25) is 0 Å². The van der Waals surface area contributed by atoms with Gasteiger partial charge in [0.25, 0.3) is 0 Å². The van der Waals surface area contributed by atoms with Gasteiger partial charge in [-0.25, -0.2) is 4.39 Å². The van der Waals surface area contributed by atoms with E-state index >= 15 is 0 Å². The lowest BCUT2D eigenvalue weighted by Crippen LogP contribution is -2.02. The highest BCUT2D eigenvalue weighted by Crippen LogP contribution is 2.23. The summed E-state index contributed by atoms with van der Waals surface area (Å²) in [5.74, 6) is -0.296. The summed E-state index contributed by atoms with van der Waals surface area (Å²) in [6, 6.07) is 12.8. The van der Waals surface area contributed by atoms with Gasteiger partial charge in [-0.2, -0.15) is 0 Å². The molecule has 0 aliphatic heterocycles. The number of hydrogen-bond acceptors (Lipinski definition) is 1. The predicted octanol–water partition coefficient (Wildman–Crippen LogP) is 4.11. The van der Waals surface area contributed by atoms with Gasteiger partial charge < -0.3 is 5.11 Å². The van der Waals surface area contributed by atoms with Gasteiger partial charge in [0.15, 0.2) is 0 Å². The molecular weight excluding hydrogens is 239 g/mol. The Morgan fingerprint density at radius 1 is 1.05 bits per heavy atom. The van der Waals surface area contributed by atoms with Crippen molar-refractivity contribution in [2.24, 2.45) is 0 Å². The SMILES string of the molecule is Cc1ccc(CCC(O)c2cc(F)ccc2C)cc1. The Balaban J connectivity index is 2.03. The normalized spacial score (nSPS) is 12.4. The fourth-order valence-corrected chi connectivity index (χ4v) is 2.18. The summed E-state index contributed by atoms with van der Waals surface area (Å²) in [6.45, 7) is 3.94. The van der Waals surface area contributed by atoms with Gasteiger partial charge >= 0.3 is 0 Å². The predicted molar refractivity (Wildman–Crippen MR) is 75.6 cm³/mol. The van der Waals surface area contributed by atoms with E-state index in [1.54, 1.807) is 6.07 Å². The number of hydrogen-bond donors (Lipinski definition) is 1. The maximum absolute atomic E-state index is 13.2. The van der Waals surface area contributed by atoms with Crippen molar-refractivity contribution in [2.75, 3.05) is 0 Å². The zero-order valence-corrected chi connectivity index (χ0v) is 11.4. The molecule has 0 amide bonds. The van der Waals surface area contributed by atoms with Gasteiger partial charge in [-0.05, 0) is 55.5 Å². The molecule has 0 radical (unpaired) electrons. The molecule has 0 spiro atoms. The summed E-state index contributed by atoms with van der Waals surface area (Å²) >= 11 is 0. The first-order valence-corrected chi connectivity index (χ1v) is 6.56. The summed E-state index contributed by atoms with van der Waals surface area (Å²) in [5, 5.41) is 10.2. The van der Waals surface area contributed by atoms with Gasteiger partial charge in [-0.1, -0.05) is 35.9 Å². The molecule has 1 unspecified atom stereocenters. The fourth-order valence-electron chi connectivity index (χ4n) is 2.18. The number of halogens is 1. The monoisotopic (exact) mass is 258 g/mol. The molecule has 2 aromatic rings. The standard InChI is InChI=1S/C17H19FO/c1-12-3-6-14(7-4-12)8-10-17(19)16-11-15(18)9-5-13(16)2/h3-7,9,11,17,19H,8,10H2,1-2H3. The minimum Gasteiger partial charge on any atom is -0.388 e. The zero-order chi connectivity index (χ0) is 13.8. The van der Waals surface area contributed by atoms with Crippen LogP contribution in [0.25, 0.3) is 0 Å². The molecule has 0 bridgehead atoms. The van der Waals surface area contributed by atoms with Crippen LogP contribution in [0.5, 0.6) is 0 Å². The van der Waals surface area contributed by atoms with Crippen molar-refractivity contribution in [3.8, 4) is 0 Å². The molecule has 1 nitrogen and oxygen atoms in total. The van der Waals surface area contributed by atoms with E-state index in [1.165, 1.54) is 23.3 Å². The maximum atomic E-state index is 13.2. The number of rotatable bonds is 4. The van der Waals surface area contributed by atoms with Crippen molar-refractivity contribution in [3.05, 3.63) is 70.5 Å². The molecular formula is C17H19FO. The molecule has 2 heteroatoms. The summed E-state index contributed by atoms with van der Waals surface area (Å²) in [5.41, 5.74) is 4.04. The average Bonchev–Trinajstić information content (AvgIpc) is 2.40. The van der Waals surface area contributed by atoms with Crippen molar-refractivity contribution < 1.29 is 9.50 Å². The van der Waals surface area contributed by atoms with Crippen LogP contribution in [0.3, 0.4) is 0 Å². The molecule has 0 aromatic heterocycles. The Kier molecular flexibility index (Phi) is 4.33. The average molecular weight is 258 g/mol. The first-order valence-electron chi connectivity index (χ1n) is 6.56. The van der Waals surface area contributed by atoms with E-state index in [-0.39, 0.29) is 5.82 Å². The van der Waals surface area contributed by atoms with E-state index in [9.17, 15) is 9.50 Å². The third kappa shape index (κ3) is 3.65. The van der Waals surface area contributed by atoms with Crippen LogP contribution in [0.4, 0.5) is 4.39 Å². The molecule has 0 heterocycles. The van der Waals surface area contributed by atoms with Gasteiger partial charge in [0.2, 0.25) is 0 Å². The van der Waals surface area contributed by atoms with Gasteiger partial charge in [0, 0.05) is 0 Å². The first-order chi connectivity index (χ1) is 9.06. The van der Waals surface area contributed by atoms with Gasteiger partial charge in [-0.15, -0.1) is 0 Å². The molecule has 100 valence electrons. The lowest BCUT2D eigenvalue weighted by Gasteiger charge is -2.14. The Hall–Kier alpha value is -1.67. The molecule has 19 heavy (non-hydrogen) atoms. The van der Waals surface area contributed by atoms with Crippen LogP contribution in [0, 0.1) is 19.7 Å².